The van der Waals surface area contributed by atoms with Crippen LogP contribution < -0.4 is 10.2 Å². The third-order valence-electron chi connectivity index (χ3n) is 4.11. The van der Waals surface area contributed by atoms with E-state index in [1.54, 1.807) is 18.5 Å². The van der Waals surface area contributed by atoms with Gasteiger partial charge in [-0.05, 0) is 24.3 Å². The Morgan fingerprint density at radius 3 is 2.46 bits per heavy atom. The average molecular weight is 344 g/mol. The molecule has 0 radical (unpaired) electrons. The van der Waals surface area contributed by atoms with E-state index in [9.17, 15) is 18.0 Å². The predicted octanol–water partition coefficient (Wildman–Crippen LogP) is 2.79. The third-order valence-corrected chi connectivity index (χ3v) is 4.11. The number of aromatic nitrogens is 2. The number of rotatable bonds is 3. The molecule has 1 N–H and O–H groups in total. The number of hydrogen-bond donors (Lipinski definition) is 1. The molecule has 1 aromatic rings. The predicted molar refractivity (Wildman–Crippen MR) is 84.4 cm³/mol. The van der Waals surface area contributed by atoms with Crippen molar-refractivity contribution in [3.05, 3.63) is 18.5 Å². The number of alkyl halides is 3. The molecule has 0 unspecified atom stereocenters. The lowest BCUT2D eigenvalue weighted by Crippen LogP contribution is -2.56. The molecule has 134 valence electrons. The molecule has 0 bridgehead atoms. The quantitative estimate of drug-likeness (QED) is 0.916. The molecular weight excluding hydrogens is 321 g/mol. The van der Waals surface area contributed by atoms with Gasteiger partial charge in [-0.2, -0.15) is 13.2 Å². The van der Waals surface area contributed by atoms with Crippen molar-refractivity contribution in [3.8, 4) is 0 Å². The zero-order valence-corrected chi connectivity index (χ0v) is 14.1. The van der Waals surface area contributed by atoms with Crippen LogP contribution in [0.25, 0.3) is 0 Å². The Morgan fingerprint density at radius 2 is 1.92 bits per heavy atom. The van der Waals surface area contributed by atoms with Crippen LogP contribution in [0.1, 0.15) is 33.6 Å². The van der Waals surface area contributed by atoms with Crippen LogP contribution in [-0.4, -0.2) is 41.2 Å². The molecule has 0 aromatic carbocycles. The number of piperidine rings is 1. The van der Waals surface area contributed by atoms with Crippen molar-refractivity contribution in [2.75, 3.05) is 18.0 Å². The van der Waals surface area contributed by atoms with Crippen molar-refractivity contribution in [1.29, 1.82) is 0 Å². The summed E-state index contributed by atoms with van der Waals surface area (Å²) in [5, 5.41) is 2.21. The Kier molecular flexibility index (Phi) is 5.35. The minimum Gasteiger partial charge on any atom is -0.344 e. The minimum absolute atomic E-state index is 0.324. The summed E-state index contributed by atoms with van der Waals surface area (Å²) in [7, 11) is 0. The van der Waals surface area contributed by atoms with E-state index in [2.05, 4.69) is 15.3 Å². The Hall–Kier alpha value is -1.86. The van der Waals surface area contributed by atoms with Gasteiger partial charge in [0, 0.05) is 25.5 Å². The Labute approximate surface area is 139 Å². The van der Waals surface area contributed by atoms with E-state index >= 15 is 0 Å². The van der Waals surface area contributed by atoms with E-state index in [-0.39, 0.29) is 0 Å². The van der Waals surface area contributed by atoms with Gasteiger partial charge in [-0.1, -0.05) is 20.8 Å². The molecule has 2 atom stereocenters. The molecule has 1 aromatic heterocycles. The van der Waals surface area contributed by atoms with Gasteiger partial charge in [0.2, 0.25) is 11.9 Å². The maximum atomic E-state index is 13.2. The lowest BCUT2D eigenvalue weighted by molar-refractivity contribution is -0.181. The highest BCUT2D eigenvalue weighted by Gasteiger charge is 2.48. The zero-order chi connectivity index (χ0) is 18.0. The third kappa shape index (κ3) is 4.58. The first-order valence-electron chi connectivity index (χ1n) is 7.98. The molecule has 24 heavy (non-hydrogen) atoms. The van der Waals surface area contributed by atoms with Gasteiger partial charge < -0.3 is 10.2 Å². The molecule has 1 aliphatic heterocycles. The monoisotopic (exact) mass is 344 g/mol. The van der Waals surface area contributed by atoms with Crippen molar-refractivity contribution in [2.24, 2.45) is 11.3 Å². The average Bonchev–Trinajstić information content (AvgIpc) is 2.51. The fraction of sp³-hybridized carbons (Fsp3) is 0.688. The van der Waals surface area contributed by atoms with E-state index in [1.165, 1.54) is 20.8 Å². The molecule has 0 saturated carbocycles. The summed E-state index contributed by atoms with van der Waals surface area (Å²) in [5.74, 6) is -0.569. The van der Waals surface area contributed by atoms with Gasteiger partial charge >= 0.3 is 6.18 Å². The van der Waals surface area contributed by atoms with Gasteiger partial charge in [-0.3, -0.25) is 4.79 Å². The molecule has 0 aliphatic carbocycles. The molecule has 8 heteroatoms. The number of nitrogens with zero attached hydrogens (tertiary/aromatic N) is 3. The summed E-state index contributed by atoms with van der Waals surface area (Å²) in [6.45, 7) is 5.42. The molecule has 1 aliphatic rings. The fourth-order valence-electron chi connectivity index (χ4n) is 2.88. The van der Waals surface area contributed by atoms with Crippen LogP contribution in [0.4, 0.5) is 19.1 Å². The number of halogens is 3. The molecule has 0 spiro atoms. The maximum absolute atomic E-state index is 13.2. The first-order chi connectivity index (χ1) is 11.1. The molecule has 5 nitrogen and oxygen atoms in total. The summed E-state index contributed by atoms with van der Waals surface area (Å²) in [4.78, 5) is 22.5. The molecule has 1 fully saturated rings. The van der Waals surface area contributed by atoms with Crippen molar-refractivity contribution in [1.82, 2.24) is 15.3 Å². The standard InChI is InChI=1S/C16H23F3N4O/c1-15(2,3)13(16(17,18)19)22-12(24)11-6-4-9-23(10-11)14-20-7-5-8-21-14/h5,7-8,11,13H,4,6,9-10H2,1-3H3,(H,22,24)/t11-,13-/m0/s1. The van der Waals surface area contributed by atoms with Crippen LogP contribution in [0.15, 0.2) is 18.5 Å². The number of carbonyl (C=O) groups is 1. The van der Waals surface area contributed by atoms with Gasteiger partial charge in [0.15, 0.2) is 0 Å². The second-order valence-corrected chi connectivity index (χ2v) is 7.18. The SMILES string of the molecule is CC(C)(C)[C@H](NC(=O)[C@H]1CCCN(c2ncccn2)C1)C(F)(F)F. The number of anilines is 1. The van der Waals surface area contributed by atoms with E-state index in [0.717, 1.165) is 0 Å². The van der Waals surface area contributed by atoms with Crippen LogP contribution in [0.5, 0.6) is 0 Å². The summed E-state index contributed by atoms with van der Waals surface area (Å²) in [5.41, 5.74) is -1.11. The first-order valence-corrected chi connectivity index (χ1v) is 7.98. The number of amides is 1. The first kappa shape index (κ1) is 18.5. The summed E-state index contributed by atoms with van der Waals surface area (Å²) >= 11 is 0. The fourth-order valence-corrected chi connectivity index (χ4v) is 2.88. The second-order valence-electron chi connectivity index (χ2n) is 7.18. The highest BCUT2D eigenvalue weighted by Crippen LogP contribution is 2.33. The summed E-state index contributed by atoms with van der Waals surface area (Å²) in [6, 6.07) is -0.185. The van der Waals surface area contributed by atoms with E-state index < -0.39 is 29.5 Å². The van der Waals surface area contributed by atoms with Gasteiger partial charge in [-0.15, -0.1) is 0 Å². The topological polar surface area (TPSA) is 58.1 Å². The van der Waals surface area contributed by atoms with Gasteiger partial charge in [0.05, 0.1) is 5.92 Å². The molecule has 1 amide bonds. The van der Waals surface area contributed by atoms with Crippen molar-refractivity contribution < 1.29 is 18.0 Å². The van der Waals surface area contributed by atoms with E-state index in [0.29, 0.717) is 31.9 Å². The summed E-state index contributed by atoms with van der Waals surface area (Å²) in [6.07, 6.45) is -0.00611. The molecule has 2 rings (SSSR count). The maximum Gasteiger partial charge on any atom is 0.409 e. The number of nitrogens with one attached hydrogen (secondary N) is 1. The van der Waals surface area contributed by atoms with Crippen LogP contribution in [0.2, 0.25) is 0 Å². The van der Waals surface area contributed by atoms with Gasteiger partial charge in [-0.25, -0.2) is 9.97 Å². The van der Waals surface area contributed by atoms with Crippen LogP contribution in [0.3, 0.4) is 0 Å². The summed E-state index contributed by atoms with van der Waals surface area (Å²) < 4.78 is 39.7. The largest absolute Gasteiger partial charge is 0.409 e. The van der Waals surface area contributed by atoms with Crippen LogP contribution >= 0.6 is 0 Å². The number of carbonyl (C=O) groups excluding carboxylic acids is 1. The lowest BCUT2D eigenvalue weighted by atomic mass is 9.85. The molecular formula is C16H23F3N4O. The Balaban J connectivity index is 2.06. The highest BCUT2D eigenvalue weighted by atomic mass is 19.4. The van der Waals surface area contributed by atoms with Crippen molar-refractivity contribution in [3.63, 3.8) is 0 Å². The Bertz CT molecular complexity index is 543. The second kappa shape index (κ2) is 6.94. The zero-order valence-electron chi connectivity index (χ0n) is 14.1. The van der Waals surface area contributed by atoms with Gasteiger partial charge in [0.25, 0.3) is 0 Å². The van der Waals surface area contributed by atoms with Crippen molar-refractivity contribution in [2.45, 2.75) is 45.8 Å². The van der Waals surface area contributed by atoms with Crippen molar-refractivity contribution >= 4 is 11.9 Å². The van der Waals surface area contributed by atoms with E-state index in [4.69, 9.17) is 0 Å². The lowest BCUT2D eigenvalue weighted by Gasteiger charge is -2.36. The number of hydrogen-bond acceptors (Lipinski definition) is 4. The van der Waals surface area contributed by atoms with Gasteiger partial charge in [0.1, 0.15) is 6.04 Å². The normalized spacial score (nSPS) is 20.6. The van der Waals surface area contributed by atoms with Crippen LogP contribution in [-0.2, 0) is 4.79 Å². The van der Waals surface area contributed by atoms with E-state index in [1.807, 2.05) is 4.90 Å². The smallest absolute Gasteiger partial charge is 0.344 e. The minimum atomic E-state index is -4.48. The molecule has 1 saturated heterocycles. The molecule has 2 heterocycles. The van der Waals surface area contributed by atoms with Crippen LogP contribution in [0, 0.1) is 11.3 Å². The Morgan fingerprint density at radius 1 is 1.29 bits per heavy atom. The highest BCUT2D eigenvalue weighted by molar-refractivity contribution is 5.80.